The molecule has 1 aliphatic heterocycles. The minimum Gasteiger partial charge on any atom is -0.348 e. The Labute approximate surface area is 102 Å². The maximum absolute atomic E-state index is 13.4. The second-order valence-corrected chi connectivity index (χ2v) is 4.70. The van der Waals surface area contributed by atoms with Crippen LogP contribution in [0.1, 0.15) is 16.8 Å². The Morgan fingerprint density at radius 1 is 1.56 bits per heavy atom. The molecule has 1 fully saturated rings. The smallest absolute Gasteiger partial charge is 0.254 e. The highest BCUT2D eigenvalue weighted by Gasteiger charge is 2.19. The molecule has 2 rings (SSSR count). The fraction of sp³-hybridized carbons (Fsp3) is 0.364. The molecule has 1 saturated heterocycles. The minimum atomic E-state index is -0.494. The number of hydrogen-bond donors (Lipinski definition) is 2. The Morgan fingerprint density at radius 3 is 3.06 bits per heavy atom. The predicted octanol–water partition coefficient (Wildman–Crippen LogP) is 1.68. The molecule has 0 bridgehead atoms. The van der Waals surface area contributed by atoms with E-state index in [9.17, 15) is 9.18 Å². The lowest BCUT2D eigenvalue weighted by Crippen LogP contribution is -2.36. The number of carbonyl (C=O) groups excluding carboxylic acids is 1. The lowest BCUT2D eigenvalue weighted by molar-refractivity contribution is 0.0936. The van der Waals surface area contributed by atoms with E-state index >= 15 is 0 Å². The van der Waals surface area contributed by atoms with E-state index in [0.29, 0.717) is 4.47 Å². The third kappa shape index (κ3) is 2.59. The van der Waals surface area contributed by atoms with Crippen molar-refractivity contribution in [2.24, 2.45) is 0 Å². The summed E-state index contributed by atoms with van der Waals surface area (Å²) >= 11 is 3.22. The van der Waals surface area contributed by atoms with Gasteiger partial charge in [-0.2, -0.15) is 0 Å². The van der Waals surface area contributed by atoms with Gasteiger partial charge >= 0.3 is 0 Å². The summed E-state index contributed by atoms with van der Waals surface area (Å²) in [6.07, 6.45) is 0.890. The summed E-state index contributed by atoms with van der Waals surface area (Å²) < 4.78 is 14.1. The molecule has 0 radical (unpaired) electrons. The first-order valence-electron chi connectivity index (χ1n) is 5.13. The molecule has 1 atom stereocenters. The molecule has 1 aromatic carbocycles. The van der Waals surface area contributed by atoms with Crippen LogP contribution >= 0.6 is 15.9 Å². The number of hydrogen-bond acceptors (Lipinski definition) is 2. The summed E-state index contributed by atoms with van der Waals surface area (Å²) in [4.78, 5) is 11.8. The van der Waals surface area contributed by atoms with Gasteiger partial charge in [0.05, 0.1) is 5.56 Å². The maximum atomic E-state index is 13.4. The van der Waals surface area contributed by atoms with Crippen LogP contribution in [0.15, 0.2) is 22.7 Å². The van der Waals surface area contributed by atoms with Crippen LogP contribution in [0.5, 0.6) is 0 Å². The molecule has 1 aromatic rings. The van der Waals surface area contributed by atoms with Crippen molar-refractivity contribution in [2.45, 2.75) is 12.5 Å². The Kier molecular flexibility index (Phi) is 3.56. The number of amides is 1. The quantitative estimate of drug-likeness (QED) is 0.869. The van der Waals surface area contributed by atoms with Gasteiger partial charge in [0.25, 0.3) is 5.91 Å². The minimum absolute atomic E-state index is 0.0845. The van der Waals surface area contributed by atoms with E-state index in [1.165, 1.54) is 12.1 Å². The fourth-order valence-corrected chi connectivity index (χ4v) is 2.07. The molecule has 86 valence electrons. The standard InChI is InChI=1S/C11H12BrFN2O/c12-7-1-2-10(13)9(5-7)11(16)15-8-3-4-14-6-8/h1-2,5,8,14H,3-4,6H2,(H,15,16). The normalized spacial score (nSPS) is 19.8. The van der Waals surface area contributed by atoms with Gasteiger partial charge in [0.2, 0.25) is 0 Å². The van der Waals surface area contributed by atoms with Gasteiger partial charge < -0.3 is 10.6 Å². The zero-order valence-corrected chi connectivity index (χ0v) is 10.2. The first-order chi connectivity index (χ1) is 7.66. The van der Waals surface area contributed by atoms with Gasteiger partial charge in [0, 0.05) is 17.1 Å². The lowest BCUT2D eigenvalue weighted by Gasteiger charge is -2.11. The molecule has 0 aliphatic carbocycles. The van der Waals surface area contributed by atoms with E-state index < -0.39 is 5.82 Å². The average Bonchev–Trinajstić information content (AvgIpc) is 2.74. The SMILES string of the molecule is O=C(NC1CCNC1)c1cc(Br)ccc1F. The highest BCUT2D eigenvalue weighted by Crippen LogP contribution is 2.15. The molecule has 5 heteroatoms. The van der Waals surface area contributed by atoms with Gasteiger partial charge in [0.1, 0.15) is 5.82 Å². The van der Waals surface area contributed by atoms with Crippen molar-refractivity contribution < 1.29 is 9.18 Å². The molecular formula is C11H12BrFN2O. The molecule has 1 aliphatic rings. The van der Waals surface area contributed by atoms with Gasteiger partial charge in [-0.05, 0) is 31.2 Å². The van der Waals surface area contributed by atoms with Gasteiger partial charge in [-0.25, -0.2) is 4.39 Å². The van der Waals surface area contributed by atoms with Crippen molar-refractivity contribution in [1.29, 1.82) is 0 Å². The molecule has 0 aromatic heterocycles. The van der Waals surface area contributed by atoms with E-state index in [4.69, 9.17) is 0 Å². The van der Waals surface area contributed by atoms with Crippen molar-refractivity contribution in [3.63, 3.8) is 0 Å². The van der Waals surface area contributed by atoms with Crippen LogP contribution < -0.4 is 10.6 Å². The summed E-state index contributed by atoms with van der Waals surface area (Å²) in [5.41, 5.74) is 0.0845. The van der Waals surface area contributed by atoms with Crippen LogP contribution in [0, 0.1) is 5.82 Å². The summed E-state index contributed by atoms with van der Waals surface area (Å²) in [5.74, 6) is -0.848. The molecule has 0 spiro atoms. The number of halogens is 2. The predicted molar refractivity (Wildman–Crippen MR) is 62.8 cm³/mol. The number of nitrogens with one attached hydrogen (secondary N) is 2. The van der Waals surface area contributed by atoms with Crippen molar-refractivity contribution in [1.82, 2.24) is 10.6 Å². The first kappa shape index (κ1) is 11.5. The summed E-state index contributed by atoms with van der Waals surface area (Å²) in [6, 6.07) is 4.45. The largest absolute Gasteiger partial charge is 0.348 e. The fourth-order valence-electron chi connectivity index (χ4n) is 1.71. The van der Waals surface area contributed by atoms with E-state index in [1.54, 1.807) is 6.07 Å². The molecule has 0 saturated carbocycles. The van der Waals surface area contributed by atoms with E-state index in [0.717, 1.165) is 19.5 Å². The zero-order valence-electron chi connectivity index (χ0n) is 8.59. The van der Waals surface area contributed by atoms with Crippen LogP contribution in [0.2, 0.25) is 0 Å². The Balaban J connectivity index is 2.10. The molecule has 2 N–H and O–H groups in total. The van der Waals surface area contributed by atoms with Crippen LogP contribution in [0.4, 0.5) is 4.39 Å². The highest BCUT2D eigenvalue weighted by atomic mass is 79.9. The second-order valence-electron chi connectivity index (χ2n) is 3.79. The van der Waals surface area contributed by atoms with Crippen molar-refractivity contribution in [3.05, 3.63) is 34.1 Å². The summed E-state index contributed by atoms with van der Waals surface area (Å²) in [5, 5.41) is 5.94. The Hall–Kier alpha value is -0.940. The maximum Gasteiger partial charge on any atom is 0.254 e. The van der Waals surface area contributed by atoms with Gasteiger partial charge in [-0.1, -0.05) is 15.9 Å². The molecule has 1 unspecified atom stereocenters. The molecule has 1 heterocycles. The lowest BCUT2D eigenvalue weighted by atomic mass is 10.1. The number of rotatable bonds is 2. The van der Waals surface area contributed by atoms with Gasteiger partial charge in [-0.15, -0.1) is 0 Å². The zero-order chi connectivity index (χ0) is 11.5. The van der Waals surface area contributed by atoms with Crippen LogP contribution in [0.3, 0.4) is 0 Å². The first-order valence-corrected chi connectivity index (χ1v) is 5.93. The summed E-state index contributed by atoms with van der Waals surface area (Å²) in [6.45, 7) is 1.65. The third-order valence-electron chi connectivity index (χ3n) is 2.57. The van der Waals surface area contributed by atoms with Crippen LogP contribution in [0.25, 0.3) is 0 Å². The van der Waals surface area contributed by atoms with Crippen LogP contribution in [-0.4, -0.2) is 25.0 Å². The second kappa shape index (κ2) is 4.93. The monoisotopic (exact) mass is 286 g/mol. The summed E-state index contributed by atoms with van der Waals surface area (Å²) in [7, 11) is 0. The van der Waals surface area contributed by atoms with E-state index in [1.807, 2.05) is 0 Å². The van der Waals surface area contributed by atoms with Crippen molar-refractivity contribution in [2.75, 3.05) is 13.1 Å². The highest BCUT2D eigenvalue weighted by molar-refractivity contribution is 9.10. The topological polar surface area (TPSA) is 41.1 Å². The number of carbonyl (C=O) groups is 1. The molecule has 1 amide bonds. The van der Waals surface area contributed by atoms with E-state index in [2.05, 4.69) is 26.6 Å². The number of benzene rings is 1. The molecular weight excluding hydrogens is 275 g/mol. The van der Waals surface area contributed by atoms with Gasteiger partial charge in [-0.3, -0.25) is 4.79 Å². The Bertz CT molecular complexity index is 405. The van der Waals surface area contributed by atoms with Crippen molar-refractivity contribution >= 4 is 21.8 Å². The Morgan fingerprint density at radius 2 is 2.38 bits per heavy atom. The third-order valence-corrected chi connectivity index (χ3v) is 3.06. The average molecular weight is 287 g/mol. The van der Waals surface area contributed by atoms with E-state index in [-0.39, 0.29) is 17.5 Å². The van der Waals surface area contributed by atoms with Crippen LogP contribution in [-0.2, 0) is 0 Å². The van der Waals surface area contributed by atoms with Gasteiger partial charge in [0.15, 0.2) is 0 Å². The van der Waals surface area contributed by atoms with Crippen molar-refractivity contribution in [3.8, 4) is 0 Å². The molecule has 16 heavy (non-hydrogen) atoms. The molecule has 3 nitrogen and oxygen atoms in total.